The summed E-state index contributed by atoms with van der Waals surface area (Å²) in [7, 11) is 4.98. The van der Waals surface area contributed by atoms with Crippen molar-refractivity contribution in [2.45, 2.75) is 18.3 Å². The largest absolute Gasteiger partial charge is 0.504 e. The highest BCUT2D eigenvalue weighted by molar-refractivity contribution is 6.02. The van der Waals surface area contributed by atoms with E-state index in [0.717, 1.165) is 11.1 Å². The van der Waals surface area contributed by atoms with Gasteiger partial charge in [-0.05, 0) is 66.4 Å². The summed E-state index contributed by atoms with van der Waals surface area (Å²) in [6, 6.07) is 17.1. The van der Waals surface area contributed by atoms with Gasteiger partial charge in [-0.1, -0.05) is 18.2 Å². The Bertz CT molecular complexity index is 1230. The first-order valence-corrected chi connectivity index (χ1v) is 10.6. The van der Waals surface area contributed by atoms with E-state index in [0.29, 0.717) is 35.4 Å². The zero-order valence-electron chi connectivity index (χ0n) is 18.8. The fraction of sp³-hybridized carbons (Fsp3) is 0.231. The number of methoxy groups -OCH3 is 1. The first kappa shape index (κ1) is 22.2. The zero-order valence-corrected chi connectivity index (χ0v) is 18.8. The van der Waals surface area contributed by atoms with Crippen molar-refractivity contribution in [3.8, 4) is 28.4 Å². The van der Waals surface area contributed by atoms with Crippen molar-refractivity contribution in [1.82, 2.24) is 4.90 Å². The number of phenols is 2. The summed E-state index contributed by atoms with van der Waals surface area (Å²) < 4.78 is 5.52. The van der Waals surface area contributed by atoms with Crippen molar-refractivity contribution < 1.29 is 24.5 Å². The lowest BCUT2D eigenvalue weighted by Crippen LogP contribution is -2.27. The molecule has 0 saturated heterocycles. The number of ether oxygens (including phenoxy) is 1. The van der Waals surface area contributed by atoms with Crippen LogP contribution < -0.4 is 10.1 Å². The molecule has 0 atom stereocenters. The third kappa shape index (κ3) is 4.22. The third-order valence-electron chi connectivity index (χ3n) is 6.00. The Morgan fingerprint density at radius 2 is 1.73 bits per heavy atom. The molecule has 2 amide bonds. The molecule has 1 aliphatic rings. The summed E-state index contributed by atoms with van der Waals surface area (Å²) in [6.07, 6.45) is 1.31. The van der Waals surface area contributed by atoms with Crippen molar-refractivity contribution in [1.29, 1.82) is 0 Å². The molecule has 0 aliphatic heterocycles. The highest BCUT2D eigenvalue weighted by Gasteiger charge is 2.51. The minimum absolute atomic E-state index is 0.104. The third-order valence-corrected chi connectivity index (χ3v) is 6.00. The Labute approximate surface area is 192 Å². The number of nitrogens with one attached hydrogen (secondary N) is 1. The summed E-state index contributed by atoms with van der Waals surface area (Å²) >= 11 is 0. The number of anilines is 1. The Morgan fingerprint density at radius 1 is 0.970 bits per heavy atom. The molecule has 3 aromatic rings. The average Bonchev–Trinajstić information content (AvgIpc) is 3.62. The second-order valence-electron chi connectivity index (χ2n) is 8.44. The van der Waals surface area contributed by atoms with E-state index in [4.69, 9.17) is 4.74 Å². The van der Waals surface area contributed by atoms with Gasteiger partial charge < -0.3 is 25.2 Å². The summed E-state index contributed by atoms with van der Waals surface area (Å²) in [5.41, 5.74) is 2.62. The number of hydrogen-bond donors (Lipinski definition) is 3. The van der Waals surface area contributed by atoms with Gasteiger partial charge in [0.1, 0.15) is 5.75 Å². The van der Waals surface area contributed by atoms with Crippen LogP contribution in [-0.2, 0) is 10.2 Å². The minimum atomic E-state index is -0.733. The molecule has 0 aromatic heterocycles. The lowest BCUT2D eigenvalue weighted by molar-refractivity contribution is -0.118. The monoisotopic (exact) mass is 446 g/mol. The molecule has 0 unspecified atom stereocenters. The second kappa shape index (κ2) is 8.50. The SMILES string of the molecule is COc1ccc(NC(=O)C2(c3ccc(O)c(O)c3)CC2)cc1-c1cccc(C(=O)N(C)C)c1. The van der Waals surface area contributed by atoms with Gasteiger partial charge in [-0.3, -0.25) is 9.59 Å². The summed E-state index contributed by atoms with van der Waals surface area (Å²) in [5.74, 6) is -0.129. The van der Waals surface area contributed by atoms with Gasteiger partial charge in [0.2, 0.25) is 5.91 Å². The molecular formula is C26H26N2O5. The van der Waals surface area contributed by atoms with E-state index in [1.807, 2.05) is 18.2 Å². The molecule has 7 heteroatoms. The molecule has 0 bridgehead atoms. The van der Waals surface area contributed by atoms with E-state index in [2.05, 4.69) is 5.32 Å². The topological polar surface area (TPSA) is 99.1 Å². The molecule has 0 heterocycles. The number of benzene rings is 3. The molecule has 170 valence electrons. The zero-order chi connectivity index (χ0) is 23.8. The average molecular weight is 447 g/mol. The fourth-order valence-electron chi connectivity index (χ4n) is 3.93. The van der Waals surface area contributed by atoms with E-state index in [1.54, 1.807) is 51.5 Å². The Kier molecular flexibility index (Phi) is 5.72. The second-order valence-corrected chi connectivity index (χ2v) is 8.44. The lowest BCUT2D eigenvalue weighted by Gasteiger charge is -2.18. The van der Waals surface area contributed by atoms with E-state index in [-0.39, 0.29) is 23.3 Å². The number of nitrogens with zero attached hydrogens (tertiary/aromatic N) is 1. The molecule has 4 rings (SSSR count). The Morgan fingerprint density at radius 3 is 2.36 bits per heavy atom. The smallest absolute Gasteiger partial charge is 0.253 e. The minimum Gasteiger partial charge on any atom is -0.504 e. The first-order valence-electron chi connectivity index (χ1n) is 10.6. The molecule has 1 fully saturated rings. The lowest BCUT2D eigenvalue weighted by atomic mass is 9.94. The molecule has 0 radical (unpaired) electrons. The molecular weight excluding hydrogens is 420 g/mol. The molecule has 0 spiro atoms. The van der Waals surface area contributed by atoms with Crippen molar-refractivity contribution >= 4 is 17.5 Å². The predicted octanol–water partition coefficient (Wildman–Crippen LogP) is 4.15. The maximum atomic E-state index is 13.2. The van der Waals surface area contributed by atoms with Crippen LogP contribution in [0.2, 0.25) is 0 Å². The number of phenolic OH excluding ortho intramolecular Hbond substituents is 2. The van der Waals surface area contributed by atoms with Crippen LogP contribution in [0.5, 0.6) is 17.2 Å². The predicted molar refractivity (Wildman–Crippen MR) is 126 cm³/mol. The number of carbonyl (C=O) groups excluding carboxylic acids is 2. The quantitative estimate of drug-likeness (QED) is 0.494. The number of amides is 2. The number of carbonyl (C=O) groups is 2. The summed E-state index contributed by atoms with van der Waals surface area (Å²) in [6.45, 7) is 0. The number of hydrogen-bond acceptors (Lipinski definition) is 5. The molecule has 3 N–H and O–H groups in total. The molecule has 1 saturated carbocycles. The van der Waals surface area contributed by atoms with Gasteiger partial charge in [0.15, 0.2) is 11.5 Å². The highest BCUT2D eigenvalue weighted by atomic mass is 16.5. The van der Waals surface area contributed by atoms with Gasteiger partial charge in [-0.25, -0.2) is 0 Å². The van der Waals surface area contributed by atoms with Gasteiger partial charge in [0, 0.05) is 30.9 Å². The summed E-state index contributed by atoms with van der Waals surface area (Å²) in [4.78, 5) is 27.1. The van der Waals surface area contributed by atoms with Gasteiger partial charge in [-0.15, -0.1) is 0 Å². The van der Waals surface area contributed by atoms with Crippen LogP contribution in [0.1, 0.15) is 28.8 Å². The highest BCUT2D eigenvalue weighted by Crippen LogP contribution is 2.50. The standard InChI is InChI=1S/C26H26N2O5/c1-28(2)24(31)17-6-4-5-16(13-17)20-15-19(8-10-23(20)33-3)27-25(32)26(11-12-26)18-7-9-21(29)22(30)14-18/h4-10,13-15,29-30H,11-12H2,1-3H3,(H,27,32). The van der Waals surface area contributed by atoms with Crippen LogP contribution >= 0.6 is 0 Å². The van der Waals surface area contributed by atoms with Crippen LogP contribution in [0, 0.1) is 0 Å². The van der Waals surface area contributed by atoms with Crippen molar-refractivity contribution in [3.63, 3.8) is 0 Å². The fourth-order valence-corrected chi connectivity index (χ4v) is 3.93. The molecule has 3 aromatic carbocycles. The molecule has 1 aliphatic carbocycles. The van der Waals surface area contributed by atoms with E-state index in [1.165, 1.54) is 17.0 Å². The summed E-state index contributed by atoms with van der Waals surface area (Å²) in [5, 5.41) is 22.4. The van der Waals surface area contributed by atoms with Crippen LogP contribution in [0.4, 0.5) is 5.69 Å². The van der Waals surface area contributed by atoms with Crippen molar-refractivity contribution in [2.24, 2.45) is 0 Å². The van der Waals surface area contributed by atoms with Crippen LogP contribution in [-0.4, -0.2) is 48.1 Å². The van der Waals surface area contributed by atoms with Gasteiger partial charge in [0.25, 0.3) is 5.91 Å². The first-order chi connectivity index (χ1) is 15.7. The number of aromatic hydroxyl groups is 2. The van der Waals surface area contributed by atoms with E-state index < -0.39 is 5.41 Å². The number of rotatable bonds is 6. The van der Waals surface area contributed by atoms with Crippen molar-refractivity contribution in [3.05, 3.63) is 71.8 Å². The van der Waals surface area contributed by atoms with Crippen LogP contribution in [0.25, 0.3) is 11.1 Å². The normalized spacial score (nSPS) is 13.8. The van der Waals surface area contributed by atoms with E-state index >= 15 is 0 Å². The van der Waals surface area contributed by atoms with Crippen LogP contribution in [0.15, 0.2) is 60.7 Å². The maximum Gasteiger partial charge on any atom is 0.253 e. The van der Waals surface area contributed by atoms with Gasteiger partial charge in [0.05, 0.1) is 12.5 Å². The van der Waals surface area contributed by atoms with Crippen LogP contribution in [0.3, 0.4) is 0 Å². The Balaban J connectivity index is 1.64. The Hall–Kier alpha value is -4.00. The maximum absolute atomic E-state index is 13.2. The van der Waals surface area contributed by atoms with Crippen molar-refractivity contribution in [2.75, 3.05) is 26.5 Å². The van der Waals surface area contributed by atoms with Gasteiger partial charge >= 0.3 is 0 Å². The molecule has 33 heavy (non-hydrogen) atoms. The van der Waals surface area contributed by atoms with Gasteiger partial charge in [-0.2, -0.15) is 0 Å². The molecule has 7 nitrogen and oxygen atoms in total. The van der Waals surface area contributed by atoms with E-state index in [9.17, 15) is 19.8 Å².